The van der Waals surface area contributed by atoms with E-state index in [0.717, 1.165) is 6.54 Å². The van der Waals surface area contributed by atoms with Crippen molar-refractivity contribution in [2.45, 2.75) is 17.0 Å². The van der Waals surface area contributed by atoms with E-state index in [1.807, 2.05) is 0 Å². The molecular formula is C11H16ClN3O3S. The summed E-state index contributed by atoms with van der Waals surface area (Å²) in [5.41, 5.74) is 0. The molecule has 0 radical (unpaired) electrons. The minimum Gasteiger partial charge on any atom is -0.374 e. The van der Waals surface area contributed by atoms with Gasteiger partial charge in [0.1, 0.15) is 4.90 Å². The Kier molecular flexibility index (Phi) is 4.42. The van der Waals surface area contributed by atoms with E-state index in [1.165, 1.54) is 10.5 Å². The van der Waals surface area contributed by atoms with Crippen LogP contribution in [0.3, 0.4) is 0 Å². The van der Waals surface area contributed by atoms with E-state index in [-0.39, 0.29) is 29.4 Å². The lowest BCUT2D eigenvalue weighted by Gasteiger charge is -2.25. The van der Waals surface area contributed by atoms with Crippen LogP contribution in [0.5, 0.6) is 0 Å². The van der Waals surface area contributed by atoms with Gasteiger partial charge in [0.25, 0.3) is 0 Å². The lowest BCUT2D eigenvalue weighted by atomic mass is 10.2. The standard InChI is InChI=1S/C11H15N3O3S.ClH/c15-18(16,9-2-1-3-12-6-9)14-7-10-11(8-14)17-5-4-13-10;/h1-3,6,10-11,13H,4-5,7-8H2;1H/t10-,11-;/m0./s1. The molecule has 3 rings (SSSR count). The summed E-state index contributed by atoms with van der Waals surface area (Å²) >= 11 is 0. The SMILES string of the molecule is Cl.O=S(=O)(c1cccnc1)N1C[C@@H]2NCCO[C@H]2C1. The Morgan fingerprint density at radius 3 is 2.95 bits per heavy atom. The van der Waals surface area contributed by atoms with Gasteiger partial charge in [-0.15, -0.1) is 12.4 Å². The fourth-order valence-electron chi connectivity index (χ4n) is 2.40. The number of sulfonamides is 1. The predicted octanol–water partition coefficient (Wildman–Crippen LogP) is -0.135. The van der Waals surface area contributed by atoms with Crippen LogP contribution in [0.15, 0.2) is 29.4 Å². The zero-order chi connectivity index (χ0) is 12.6. The number of nitrogens with zero attached hydrogens (tertiary/aromatic N) is 2. The Morgan fingerprint density at radius 1 is 1.42 bits per heavy atom. The number of morpholine rings is 1. The van der Waals surface area contributed by atoms with Crippen LogP contribution in [0.25, 0.3) is 0 Å². The van der Waals surface area contributed by atoms with Crippen molar-refractivity contribution in [2.24, 2.45) is 0 Å². The second kappa shape index (κ2) is 5.72. The molecule has 0 saturated carbocycles. The number of rotatable bonds is 2. The van der Waals surface area contributed by atoms with E-state index in [9.17, 15) is 8.42 Å². The zero-order valence-electron chi connectivity index (χ0n) is 10.2. The van der Waals surface area contributed by atoms with Gasteiger partial charge in [0.15, 0.2) is 0 Å². The molecule has 2 fully saturated rings. The topological polar surface area (TPSA) is 71.5 Å². The quantitative estimate of drug-likeness (QED) is 0.824. The van der Waals surface area contributed by atoms with Crippen LogP contribution in [-0.2, 0) is 14.8 Å². The number of halogens is 1. The number of aromatic nitrogens is 1. The van der Waals surface area contributed by atoms with Crippen molar-refractivity contribution in [3.8, 4) is 0 Å². The first-order chi connectivity index (χ1) is 8.68. The number of fused-ring (bicyclic) bond motifs is 1. The maximum absolute atomic E-state index is 12.4. The van der Waals surface area contributed by atoms with Gasteiger partial charge in [-0.2, -0.15) is 4.31 Å². The number of ether oxygens (including phenoxy) is 1. The third-order valence-corrected chi connectivity index (χ3v) is 5.16. The van der Waals surface area contributed by atoms with Crippen molar-refractivity contribution in [3.05, 3.63) is 24.5 Å². The smallest absolute Gasteiger partial charge is 0.244 e. The molecule has 1 aromatic rings. The number of nitrogens with one attached hydrogen (secondary N) is 1. The van der Waals surface area contributed by atoms with Crippen LogP contribution < -0.4 is 5.32 Å². The van der Waals surface area contributed by atoms with Crippen molar-refractivity contribution in [2.75, 3.05) is 26.2 Å². The second-order valence-corrected chi connectivity index (χ2v) is 6.42. The van der Waals surface area contributed by atoms with Crippen LogP contribution in [-0.4, -0.2) is 56.1 Å². The van der Waals surface area contributed by atoms with E-state index in [4.69, 9.17) is 4.74 Å². The Hall–Kier alpha value is -0.730. The molecule has 8 heteroatoms. The van der Waals surface area contributed by atoms with Gasteiger partial charge in [0.05, 0.1) is 12.7 Å². The average Bonchev–Trinajstić information content (AvgIpc) is 2.84. The summed E-state index contributed by atoms with van der Waals surface area (Å²) in [7, 11) is -3.45. The molecule has 2 atom stereocenters. The van der Waals surface area contributed by atoms with Crippen molar-refractivity contribution in [1.82, 2.24) is 14.6 Å². The van der Waals surface area contributed by atoms with E-state index in [0.29, 0.717) is 19.7 Å². The van der Waals surface area contributed by atoms with Gasteiger partial charge in [-0.3, -0.25) is 4.98 Å². The predicted molar refractivity (Wildman–Crippen MR) is 71.8 cm³/mol. The van der Waals surface area contributed by atoms with Crippen LogP contribution >= 0.6 is 12.4 Å². The maximum atomic E-state index is 12.4. The van der Waals surface area contributed by atoms with Crippen LogP contribution in [0.1, 0.15) is 0 Å². The fourth-order valence-corrected chi connectivity index (χ4v) is 3.85. The van der Waals surface area contributed by atoms with E-state index in [1.54, 1.807) is 18.3 Å². The minimum atomic E-state index is -3.45. The molecule has 19 heavy (non-hydrogen) atoms. The molecule has 0 bridgehead atoms. The first-order valence-corrected chi connectivity index (χ1v) is 7.37. The Balaban J connectivity index is 0.00000133. The highest BCUT2D eigenvalue weighted by molar-refractivity contribution is 7.89. The van der Waals surface area contributed by atoms with E-state index >= 15 is 0 Å². The molecule has 0 aromatic carbocycles. The normalized spacial score (nSPS) is 27.6. The summed E-state index contributed by atoms with van der Waals surface area (Å²) in [5, 5.41) is 3.29. The van der Waals surface area contributed by atoms with Crippen LogP contribution in [0.4, 0.5) is 0 Å². The summed E-state index contributed by atoms with van der Waals surface area (Å²) in [6, 6.07) is 3.30. The summed E-state index contributed by atoms with van der Waals surface area (Å²) in [4.78, 5) is 4.10. The van der Waals surface area contributed by atoms with E-state index in [2.05, 4.69) is 10.3 Å². The molecule has 6 nitrogen and oxygen atoms in total. The number of hydrogen-bond donors (Lipinski definition) is 1. The third-order valence-electron chi connectivity index (χ3n) is 3.35. The number of hydrogen-bond acceptors (Lipinski definition) is 5. The molecule has 0 aliphatic carbocycles. The summed E-state index contributed by atoms with van der Waals surface area (Å²) in [6.45, 7) is 2.29. The Bertz CT molecular complexity index is 511. The fraction of sp³-hybridized carbons (Fsp3) is 0.545. The number of pyridine rings is 1. The lowest BCUT2D eigenvalue weighted by molar-refractivity contribution is 0.0194. The van der Waals surface area contributed by atoms with Crippen molar-refractivity contribution < 1.29 is 13.2 Å². The highest BCUT2D eigenvalue weighted by Gasteiger charge is 2.41. The summed E-state index contributed by atoms with van der Waals surface area (Å²) in [5.74, 6) is 0. The summed E-state index contributed by atoms with van der Waals surface area (Å²) < 4.78 is 31.8. The first-order valence-electron chi connectivity index (χ1n) is 5.93. The molecule has 106 valence electrons. The Labute approximate surface area is 118 Å². The van der Waals surface area contributed by atoms with Gasteiger partial charge in [-0.25, -0.2) is 8.42 Å². The molecular weight excluding hydrogens is 290 g/mol. The highest BCUT2D eigenvalue weighted by Crippen LogP contribution is 2.23. The monoisotopic (exact) mass is 305 g/mol. The molecule has 2 aliphatic heterocycles. The molecule has 2 saturated heterocycles. The second-order valence-electron chi connectivity index (χ2n) is 4.48. The van der Waals surface area contributed by atoms with Crippen LogP contribution in [0.2, 0.25) is 0 Å². The van der Waals surface area contributed by atoms with Gasteiger partial charge < -0.3 is 10.1 Å². The minimum absolute atomic E-state index is 0. The zero-order valence-corrected chi connectivity index (χ0v) is 11.9. The van der Waals surface area contributed by atoms with Crippen molar-refractivity contribution >= 4 is 22.4 Å². The molecule has 0 unspecified atom stereocenters. The van der Waals surface area contributed by atoms with Crippen molar-refractivity contribution in [1.29, 1.82) is 0 Å². The van der Waals surface area contributed by atoms with Gasteiger partial charge in [-0.1, -0.05) is 0 Å². The third kappa shape index (κ3) is 2.75. The molecule has 0 amide bonds. The summed E-state index contributed by atoms with van der Waals surface area (Å²) in [6.07, 6.45) is 2.91. The van der Waals surface area contributed by atoms with Gasteiger partial charge in [0, 0.05) is 38.1 Å². The van der Waals surface area contributed by atoms with Gasteiger partial charge in [0.2, 0.25) is 10.0 Å². The molecule has 0 spiro atoms. The van der Waals surface area contributed by atoms with Crippen molar-refractivity contribution in [3.63, 3.8) is 0 Å². The average molecular weight is 306 g/mol. The first kappa shape index (κ1) is 14.7. The molecule has 1 N–H and O–H groups in total. The lowest BCUT2D eigenvalue weighted by Crippen LogP contribution is -2.47. The highest BCUT2D eigenvalue weighted by atomic mass is 35.5. The van der Waals surface area contributed by atoms with Gasteiger partial charge in [-0.05, 0) is 12.1 Å². The maximum Gasteiger partial charge on any atom is 0.244 e. The molecule has 1 aromatic heterocycles. The Morgan fingerprint density at radius 2 is 2.26 bits per heavy atom. The largest absolute Gasteiger partial charge is 0.374 e. The van der Waals surface area contributed by atoms with Gasteiger partial charge >= 0.3 is 0 Å². The molecule has 3 heterocycles. The van der Waals surface area contributed by atoms with Crippen LogP contribution in [0, 0.1) is 0 Å². The van der Waals surface area contributed by atoms with E-state index < -0.39 is 10.0 Å². The molecule has 2 aliphatic rings.